The summed E-state index contributed by atoms with van der Waals surface area (Å²) in [5.41, 5.74) is 0. The number of hydrogen-bond donors (Lipinski definition) is 1. The van der Waals surface area contributed by atoms with Crippen molar-refractivity contribution in [3.63, 3.8) is 0 Å². The predicted octanol–water partition coefficient (Wildman–Crippen LogP) is 0.705. The van der Waals surface area contributed by atoms with Crippen LogP contribution in [0.3, 0.4) is 0 Å². The Morgan fingerprint density at radius 2 is 1.08 bits per heavy atom. The number of aliphatic carboxylic acids is 1. The van der Waals surface area contributed by atoms with Crippen LogP contribution in [0.2, 0.25) is 0 Å². The summed E-state index contributed by atoms with van der Waals surface area (Å²) >= 11 is 0. The highest BCUT2D eigenvalue weighted by molar-refractivity contribution is 7.95. The van der Waals surface area contributed by atoms with Crippen molar-refractivity contribution < 1.29 is 26.9 Å². The number of halogens is 1. The van der Waals surface area contributed by atoms with Gasteiger partial charge in [-0.15, -0.1) is 0 Å². The van der Waals surface area contributed by atoms with Crippen molar-refractivity contribution in [3.8, 4) is 0 Å². The zero-order valence-electron chi connectivity index (χ0n) is 14.6. The molecule has 134 valence electrons. The van der Waals surface area contributed by atoms with E-state index < -0.39 is 19.1 Å². The van der Waals surface area contributed by atoms with Gasteiger partial charge in [0.05, 0.1) is 12.1 Å². The van der Waals surface area contributed by atoms with Crippen LogP contribution in [0.4, 0.5) is 0 Å². The van der Waals surface area contributed by atoms with Gasteiger partial charge in [-0.3, -0.25) is 4.79 Å². The molecule has 1 atom stereocenters. The van der Waals surface area contributed by atoms with E-state index in [9.17, 15) is 9.90 Å². The smallest absolute Gasteiger partial charge is 0.309 e. The maximum atomic E-state index is 11.7. The first-order chi connectivity index (χ1) is 12.1. The summed E-state index contributed by atoms with van der Waals surface area (Å²) in [4.78, 5) is 11.7. The highest BCUT2D eigenvalue weighted by Gasteiger charge is 2.47. The number of hydrogen-bond acceptors (Lipinski definition) is 1. The summed E-state index contributed by atoms with van der Waals surface area (Å²) in [6.07, 6.45) is 0.611. The SMILES string of the molecule is CC(C[P+](c1ccccc1)(c1ccccc1)c1ccccc1)C(=O)O.[Br-]. The molecule has 2 nitrogen and oxygen atoms in total. The van der Waals surface area contributed by atoms with E-state index in [-0.39, 0.29) is 17.0 Å². The second kappa shape index (κ2) is 9.12. The van der Waals surface area contributed by atoms with Gasteiger partial charge in [0.2, 0.25) is 0 Å². The highest BCUT2D eigenvalue weighted by atomic mass is 79.9. The Morgan fingerprint density at radius 3 is 1.35 bits per heavy atom. The fourth-order valence-electron chi connectivity index (χ4n) is 3.30. The molecule has 26 heavy (non-hydrogen) atoms. The van der Waals surface area contributed by atoms with Crippen LogP contribution in [0.15, 0.2) is 91.0 Å². The van der Waals surface area contributed by atoms with Crippen molar-refractivity contribution in [1.82, 2.24) is 0 Å². The lowest BCUT2D eigenvalue weighted by Crippen LogP contribution is -3.00. The van der Waals surface area contributed by atoms with E-state index in [1.807, 2.05) is 61.5 Å². The molecule has 1 unspecified atom stereocenters. The van der Waals surface area contributed by atoms with Crippen molar-refractivity contribution in [2.24, 2.45) is 5.92 Å². The summed E-state index contributed by atoms with van der Waals surface area (Å²) in [6.45, 7) is 1.81. The van der Waals surface area contributed by atoms with Gasteiger partial charge < -0.3 is 22.1 Å². The zero-order valence-corrected chi connectivity index (χ0v) is 17.1. The second-order valence-electron chi connectivity index (χ2n) is 6.24. The molecular weight excluding hydrogens is 407 g/mol. The molecule has 0 aliphatic carbocycles. The van der Waals surface area contributed by atoms with E-state index in [0.717, 1.165) is 0 Å². The molecule has 0 saturated carbocycles. The summed E-state index contributed by atoms with van der Waals surface area (Å²) in [5, 5.41) is 13.3. The first kappa shape index (κ1) is 20.4. The molecule has 0 aliphatic heterocycles. The predicted molar refractivity (Wildman–Crippen MR) is 107 cm³/mol. The van der Waals surface area contributed by atoms with Crippen molar-refractivity contribution in [2.45, 2.75) is 6.92 Å². The quantitative estimate of drug-likeness (QED) is 0.587. The largest absolute Gasteiger partial charge is 1.00 e. The molecule has 0 aromatic heterocycles. The molecule has 1 N–H and O–H groups in total. The first-order valence-electron chi connectivity index (χ1n) is 8.42. The zero-order chi connectivity index (χ0) is 17.7. The lowest BCUT2D eigenvalue weighted by atomic mass is 10.2. The van der Waals surface area contributed by atoms with Crippen LogP contribution in [0, 0.1) is 5.92 Å². The minimum Gasteiger partial charge on any atom is -1.00 e. The van der Waals surface area contributed by atoms with Gasteiger partial charge in [-0.1, -0.05) is 54.6 Å². The molecule has 0 spiro atoms. The topological polar surface area (TPSA) is 37.3 Å². The van der Waals surface area contributed by atoms with Gasteiger partial charge >= 0.3 is 5.97 Å². The molecule has 0 radical (unpaired) electrons. The van der Waals surface area contributed by atoms with E-state index in [1.54, 1.807) is 0 Å². The molecule has 0 amide bonds. The molecule has 0 bridgehead atoms. The molecule has 3 aromatic carbocycles. The Bertz CT molecular complexity index is 726. The van der Waals surface area contributed by atoms with Crippen LogP contribution in [0.5, 0.6) is 0 Å². The fraction of sp³-hybridized carbons (Fsp3) is 0.136. The maximum absolute atomic E-state index is 11.7. The van der Waals surface area contributed by atoms with Crippen molar-refractivity contribution >= 4 is 29.1 Å². The lowest BCUT2D eigenvalue weighted by molar-refractivity contribution is -0.140. The van der Waals surface area contributed by atoms with Crippen LogP contribution in [-0.2, 0) is 4.79 Å². The van der Waals surface area contributed by atoms with E-state index in [0.29, 0.717) is 6.16 Å². The average molecular weight is 429 g/mol. The molecule has 0 heterocycles. The lowest BCUT2D eigenvalue weighted by Gasteiger charge is -2.29. The van der Waals surface area contributed by atoms with Gasteiger partial charge in [0.25, 0.3) is 0 Å². The minimum atomic E-state index is -2.04. The molecule has 3 rings (SSSR count). The molecule has 4 heteroatoms. The number of carboxylic acid groups (broad SMARTS) is 1. The van der Waals surface area contributed by atoms with Crippen molar-refractivity contribution in [1.29, 1.82) is 0 Å². The minimum absolute atomic E-state index is 0. The van der Waals surface area contributed by atoms with Crippen LogP contribution in [-0.4, -0.2) is 17.2 Å². The molecular formula is C22H22BrO2P. The second-order valence-corrected chi connectivity index (χ2v) is 9.77. The van der Waals surface area contributed by atoms with Gasteiger partial charge in [0, 0.05) is 0 Å². The monoisotopic (exact) mass is 428 g/mol. The standard InChI is InChI=1S/C22H21O2P.BrH/c1-18(22(23)24)17-25(19-11-5-2-6-12-19,20-13-7-3-8-14-20)21-15-9-4-10-16-21;/h2-16,18H,17H2,1H3;1H. The fourth-order valence-corrected chi connectivity index (χ4v) is 7.85. The number of carbonyl (C=O) groups is 1. The molecule has 0 aliphatic rings. The third-order valence-corrected chi connectivity index (χ3v) is 9.19. The van der Waals surface area contributed by atoms with Gasteiger partial charge in [0.15, 0.2) is 0 Å². The maximum Gasteiger partial charge on any atom is 0.309 e. The Hall–Kier alpha value is -1.96. The van der Waals surface area contributed by atoms with E-state index in [2.05, 4.69) is 36.4 Å². The van der Waals surface area contributed by atoms with Crippen molar-refractivity contribution in [2.75, 3.05) is 6.16 Å². The van der Waals surface area contributed by atoms with E-state index >= 15 is 0 Å². The number of rotatable bonds is 6. The Kier molecular flexibility index (Phi) is 7.14. The normalized spacial score (nSPS) is 12.0. The Labute approximate surface area is 166 Å². The van der Waals surface area contributed by atoms with E-state index in [1.165, 1.54) is 15.9 Å². The number of benzene rings is 3. The number of carboxylic acids is 1. The van der Waals surface area contributed by atoms with Crippen molar-refractivity contribution in [3.05, 3.63) is 91.0 Å². The first-order valence-corrected chi connectivity index (χ1v) is 10.4. The van der Waals surface area contributed by atoms with Crippen LogP contribution < -0.4 is 32.9 Å². The van der Waals surface area contributed by atoms with Gasteiger partial charge in [-0.25, -0.2) is 0 Å². The van der Waals surface area contributed by atoms with E-state index in [4.69, 9.17) is 0 Å². The molecule has 0 saturated heterocycles. The summed E-state index contributed by atoms with van der Waals surface area (Å²) < 4.78 is 0. The summed E-state index contributed by atoms with van der Waals surface area (Å²) in [5.74, 6) is -1.17. The van der Waals surface area contributed by atoms with Crippen LogP contribution in [0.25, 0.3) is 0 Å². The highest BCUT2D eigenvalue weighted by Crippen LogP contribution is 2.56. The van der Waals surface area contributed by atoms with Crippen LogP contribution >= 0.6 is 7.26 Å². The van der Waals surface area contributed by atoms with Crippen LogP contribution in [0.1, 0.15) is 6.92 Å². The van der Waals surface area contributed by atoms with Gasteiger partial charge in [0.1, 0.15) is 23.2 Å². The molecule has 0 fully saturated rings. The van der Waals surface area contributed by atoms with Gasteiger partial charge in [-0.05, 0) is 43.3 Å². The summed E-state index contributed by atoms with van der Waals surface area (Å²) in [7, 11) is -2.04. The third kappa shape index (κ3) is 4.06. The Morgan fingerprint density at radius 1 is 0.769 bits per heavy atom. The average Bonchev–Trinajstić information content (AvgIpc) is 2.68. The molecule has 3 aromatic rings. The third-order valence-electron chi connectivity index (χ3n) is 4.56. The van der Waals surface area contributed by atoms with Gasteiger partial charge in [-0.2, -0.15) is 0 Å². The summed E-state index contributed by atoms with van der Waals surface area (Å²) in [6, 6.07) is 31.1. The Balaban J connectivity index is 0.00000243.